The minimum Gasteiger partial charge on any atom is -0.358 e. The van der Waals surface area contributed by atoms with Gasteiger partial charge in [-0.25, -0.2) is 4.98 Å². The SMILES string of the molecule is CC(C)CCN(C)c1nccc(CN)c1Cl. The third-order valence-corrected chi connectivity index (χ3v) is 2.99. The highest BCUT2D eigenvalue weighted by molar-refractivity contribution is 6.33. The van der Waals surface area contributed by atoms with E-state index in [9.17, 15) is 0 Å². The fourth-order valence-corrected chi connectivity index (χ4v) is 1.79. The fourth-order valence-electron chi connectivity index (χ4n) is 1.45. The molecule has 0 atom stereocenters. The van der Waals surface area contributed by atoms with E-state index in [0.29, 0.717) is 17.5 Å². The van der Waals surface area contributed by atoms with Crippen LogP contribution in [0.1, 0.15) is 25.8 Å². The number of nitrogens with zero attached hydrogens (tertiary/aromatic N) is 2. The van der Waals surface area contributed by atoms with Crippen molar-refractivity contribution < 1.29 is 0 Å². The second-order valence-electron chi connectivity index (χ2n) is 4.42. The first-order valence-electron chi connectivity index (χ1n) is 5.60. The molecule has 3 nitrogen and oxygen atoms in total. The summed E-state index contributed by atoms with van der Waals surface area (Å²) < 4.78 is 0. The summed E-state index contributed by atoms with van der Waals surface area (Å²) in [5, 5.41) is 0.677. The number of aromatic nitrogens is 1. The van der Waals surface area contributed by atoms with Gasteiger partial charge in [0.25, 0.3) is 0 Å². The minimum absolute atomic E-state index is 0.451. The second-order valence-corrected chi connectivity index (χ2v) is 4.79. The van der Waals surface area contributed by atoms with Gasteiger partial charge in [-0.05, 0) is 24.0 Å². The molecule has 4 heteroatoms. The van der Waals surface area contributed by atoms with Crippen molar-refractivity contribution in [2.45, 2.75) is 26.8 Å². The summed E-state index contributed by atoms with van der Waals surface area (Å²) in [5.41, 5.74) is 6.56. The van der Waals surface area contributed by atoms with E-state index in [1.54, 1.807) is 6.20 Å². The maximum absolute atomic E-state index is 6.23. The first kappa shape index (κ1) is 13.3. The first-order chi connectivity index (χ1) is 7.56. The Labute approximate surface area is 103 Å². The largest absolute Gasteiger partial charge is 0.358 e. The van der Waals surface area contributed by atoms with Crippen molar-refractivity contribution in [2.75, 3.05) is 18.5 Å². The number of hydrogen-bond acceptors (Lipinski definition) is 3. The van der Waals surface area contributed by atoms with Crippen LogP contribution >= 0.6 is 11.6 Å². The Morgan fingerprint density at radius 2 is 2.19 bits per heavy atom. The van der Waals surface area contributed by atoms with Crippen molar-refractivity contribution in [1.82, 2.24) is 4.98 Å². The Morgan fingerprint density at radius 3 is 2.75 bits per heavy atom. The van der Waals surface area contributed by atoms with E-state index in [-0.39, 0.29) is 0 Å². The molecule has 0 fully saturated rings. The van der Waals surface area contributed by atoms with Crippen LogP contribution in [0.25, 0.3) is 0 Å². The summed E-state index contributed by atoms with van der Waals surface area (Å²) in [5.74, 6) is 1.50. The molecule has 0 saturated heterocycles. The molecule has 1 aromatic heterocycles. The van der Waals surface area contributed by atoms with Gasteiger partial charge in [-0.15, -0.1) is 0 Å². The van der Waals surface area contributed by atoms with Crippen LogP contribution in [0.3, 0.4) is 0 Å². The molecule has 0 bridgehead atoms. The van der Waals surface area contributed by atoms with Crippen molar-refractivity contribution in [1.29, 1.82) is 0 Å². The summed E-state index contributed by atoms with van der Waals surface area (Å²) in [6.45, 7) is 5.82. The third kappa shape index (κ3) is 3.35. The Balaban J connectivity index is 2.78. The van der Waals surface area contributed by atoms with E-state index in [0.717, 1.165) is 24.3 Å². The van der Waals surface area contributed by atoms with Crippen molar-refractivity contribution >= 4 is 17.4 Å². The van der Waals surface area contributed by atoms with Crippen LogP contribution in [0, 0.1) is 5.92 Å². The molecule has 0 unspecified atom stereocenters. The first-order valence-corrected chi connectivity index (χ1v) is 5.98. The normalized spacial score (nSPS) is 10.9. The van der Waals surface area contributed by atoms with Gasteiger partial charge in [0.1, 0.15) is 5.82 Å². The molecule has 1 rings (SSSR count). The van der Waals surface area contributed by atoms with Gasteiger partial charge in [0.2, 0.25) is 0 Å². The summed E-state index contributed by atoms with van der Waals surface area (Å²) in [6.07, 6.45) is 2.89. The van der Waals surface area contributed by atoms with Gasteiger partial charge >= 0.3 is 0 Å². The van der Waals surface area contributed by atoms with Crippen LogP contribution in [-0.2, 0) is 6.54 Å². The third-order valence-electron chi connectivity index (χ3n) is 2.57. The summed E-state index contributed by atoms with van der Waals surface area (Å²) in [6, 6.07) is 1.86. The van der Waals surface area contributed by atoms with Gasteiger partial charge in [-0.2, -0.15) is 0 Å². The standard InChI is InChI=1S/C12H20ClN3/c1-9(2)5-7-16(3)12-11(13)10(8-14)4-6-15-12/h4,6,9H,5,7-8,14H2,1-3H3. The van der Waals surface area contributed by atoms with Crippen LogP contribution in [0.2, 0.25) is 5.02 Å². The quantitative estimate of drug-likeness (QED) is 0.862. The Morgan fingerprint density at radius 1 is 1.50 bits per heavy atom. The Bertz CT molecular complexity index is 339. The molecule has 0 aromatic carbocycles. The van der Waals surface area contributed by atoms with E-state index in [2.05, 4.69) is 23.7 Å². The predicted octanol–water partition coefficient (Wildman–Crippen LogP) is 2.68. The highest BCUT2D eigenvalue weighted by atomic mass is 35.5. The van der Waals surface area contributed by atoms with E-state index < -0.39 is 0 Å². The molecular formula is C12H20ClN3. The number of pyridine rings is 1. The van der Waals surface area contributed by atoms with Gasteiger partial charge in [-0.3, -0.25) is 0 Å². The van der Waals surface area contributed by atoms with E-state index in [4.69, 9.17) is 17.3 Å². The molecule has 0 spiro atoms. The molecule has 0 saturated carbocycles. The van der Waals surface area contributed by atoms with Gasteiger partial charge < -0.3 is 10.6 Å². The van der Waals surface area contributed by atoms with Gasteiger partial charge in [0.15, 0.2) is 0 Å². The van der Waals surface area contributed by atoms with Crippen LogP contribution in [0.4, 0.5) is 5.82 Å². The highest BCUT2D eigenvalue weighted by Gasteiger charge is 2.10. The van der Waals surface area contributed by atoms with Gasteiger partial charge in [-0.1, -0.05) is 25.4 Å². The lowest BCUT2D eigenvalue weighted by atomic mass is 10.1. The molecule has 16 heavy (non-hydrogen) atoms. The van der Waals surface area contributed by atoms with Crippen LogP contribution < -0.4 is 10.6 Å². The van der Waals surface area contributed by atoms with Gasteiger partial charge in [0.05, 0.1) is 5.02 Å². The average molecular weight is 242 g/mol. The topological polar surface area (TPSA) is 42.2 Å². The molecule has 0 aliphatic heterocycles. The monoisotopic (exact) mass is 241 g/mol. The molecule has 1 aromatic rings. The van der Waals surface area contributed by atoms with E-state index >= 15 is 0 Å². The smallest absolute Gasteiger partial charge is 0.147 e. The maximum Gasteiger partial charge on any atom is 0.147 e. The molecule has 0 radical (unpaired) electrons. The highest BCUT2D eigenvalue weighted by Crippen LogP contribution is 2.26. The van der Waals surface area contributed by atoms with Crippen LogP contribution in [-0.4, -0.2) is 18.6 Å². The van der Waals surface area contributed by atoms with Crippen molar-refractivity contribution in [3.05, 3.63) is 22.8 Å². The zero-order chi connectivity index (χ0) is 12.1. The Kier molecular flexibility index (Phi) is 5.03. The van der Waals surface area contributed by atoms with E-state index in [1.165, 1.54) is 0 Å². The van der Waals surface area contributed by atoms with Crippen molar-refractivity contribution in [2.24, 2.45) is 11.7 Å². The molecule has 1 heterocycles. The van der Waals surface area contributed by atoms with Crippen LogP contribution in [0.5, 0.6) is 0 Å². The second kappa shape index (κ2) is 6.06. The fraction of sp³-hybridized carbons (Fsp3) is 0.583. The number of rotatable bonds is 5. The zero-order valence-corrected chi connectivity index (χ0v) is 11.0. The number of hydrogen-bond donors (Lipinski definition) is 1. The average Bonchev–Trinajstić information content (AvgIpc) is 2.26. The maximum atomic E-state index is 6.23. The summed E-state index contributed by atoms with van der Waals surface area (Å²) in [7, 11) is 2.01. The van der Waals surface area contributed by atoms with Gasteiger partial charge in [0, 0.05) is 26.3 Å². The molecular weight excluding hydrogens is 222 g/mol. The lowest BCUT2D eigenvalue weighted by Crippen LogP contribution is -2.21. The Hall–Kier alpha value is -0.800. The number of anilines is 1. The number of halogens is 1. The lowest BCUT2D eigenvalue weighted by molar-refractivity contribution is 0.583. The summed E-state index contributed by atoms with van der Waals surface area (Å²) >= 11 is 6.23. The predicted molar refractivity (Wildman–Crippen MR) is 69.9 cm³/mol. The van der Waals surface area contributed by atoms with Crippen molar-refractivity contribution in [3.63, 3.8) is 0 Å². The van der Waals surface area contributed by atoms with Crippen LogP contribution in [0.15, 0.2) is 12.3 Å². The molecule has 0 aliphatic carbocycles. The molecule has 0 amide bonds. The zero-order valence-electron chi connectivity index (χ0n) is 10.2. The molecule has 90 valence electrons. The van der Waals surface area contributed by atoms with Crippen molar-refractivity contribution in [3.8, 4) is 0 Å². The number of nitrogens with two attached hydrogens (primary N) is 1. The lowest BCUT2D eigenvalue weighted by Gasteiger charge is -2.21. The molecule has 0 aliphatic rings. The molecule has 2 N–H and O–H groups in total. The van der Waals surface area contributed by atoms with E-state index in [1.807, 2.05) is 13.1 Å². The minimum atomic E-state index is 0.451. The summed E-state index contributed by atoms with van der Waals surface area (Å²) in [4.78, 5) is 6.39.